The Morgan fingerprint density at radius 1 is 1.54 bits per heavy atom. The Kier molecular flexibility index (Phi) is 3.98. The van der Waals surface area contributed by atoms with Crippen LogP contribution in [-0.4, -0.2) is 34.0 Å². The average molecular weight is 199 g/mol. The number of aliphatic hydroxyl groups is 1. The van der Waals surface area contributed by atoms with Crippen molar-refractivity contribution in [1.82, 2.24) is 9.97 Å². The van der Waals surface area contributed by atoms with Crippen molar-refractivity contribution in [2.24, 2.45) is 0 Å². The molecule has 1 aromatic rings. The lowest BCUT2D eigenvalue weighted by molar-refractivity contribution is 0.208. The summed E-state index contributed by atoms with van der Waals surface area (Å²) >= 11 is 1.60. The van der Waals surface area contributed by atoms with Gasteiger partial charge in [0.15, 0.2) is 0 Å². The molecule has 72 valence electrons. The molecule has 1 atom stereocenters. The fourth-order valence-electron chi connectivity index (χ4n) is 0.752. The molecule has 0 aliphatic heterocycles. The summed E-state index contributed by atoms with van der Waals surface area (Å²) in [6, 6.07) is 0. The molecule has 0 radical (unpaired) electrons. The standard InChI is InChI=1S/C8H13N3OS/c1-6(12)3-9-8-10-4-7(13-2)5-11-8/h4-6,12H,3H2,1-2H3,(H,9,10,11). The van der Waals surface area contributed by atoms with E-state index in [9.17, 15) is 0 Å². The Morgan fingerprint density at radius 3 is 2.62 bits per heavy atom. The maximum atomic E-state index is 8.99. The first-order chi connectivity index (χ1) is 6.22. The van der Waals surface area contributed by atoms with Crippen molar-refractivity contribution in [3.05, 3.63) is 12.4 Å². The lowest BCUT2D eigenvalue weighted by Crippen LogP contribution is -2.16. The number of hydrogen-bond acceptors (Lipinski definition) is 5. The smallest absolute Gasteiger partial charge is 0.222 e. The summed E-state index contributed by atoms with van der Waals surface area (Å²) in [7, 11) is 0. The number of hydrogen-bond donors (Lipinski definition) is 2. The van der Waals surface area contributed by atoms with E-state index in [1.807, 2.05) is 6.26 Å². The molecule has 0 fully saturated rings. The third-order valence-electron chi connectivity index (χ3n) is 1.42. The monoisotopic (exact) mass is 199 g/mol. The molecular formula is C8H13N3OS. The fraction of sp³-hybridized carbons (Fsp3) is 0.500. The van der Waals surface area contributed by atoms with Crippen LogP contribution in [0.4, 0.5) is 5.95 Å². The van der Waals surface area contributed by atoms with Gasteiger partial charge in [-0.3, -0.25) is 0 Å². The van der Waals surface area contributed by atoms with Gasteiger partial charge < -0.3 is 10.4 Å². The molecule has 0 saturated heterocycles. The van der Waals surface area contributed by atoms with Crippen molar-refractivity contribution in [2.45, 2.75) is 17.9 Å². The summed E-state index contributed by atoms with van der Waals surface area (Å²) in [5.74, 6) is 0.554. The zero-order chi connectivity index (χ0) is 9.68. The Balaban J connectivity index is 2.49. The third-order valence-corrected chi connectivity index (χ3v) is 2.10. The predicted octanol–water partition coefficient (Wildman–Crippen LogP) is 0.991. The van der Waals surface area contributed by atoms with Gasteiger partial charge in [-0.05, 0) is 13.2 Å². The molecule has 4 nitrogen and oxygen atoms in total. The van der Waals surface area contributed by atoms with Gasteiger partial charge in [0, 0.05) is 23.8 Å². The van der Waals surface area contributed by atoms with Crippen LogP contribution in [0.25, 0.3) is 0 Å². The van der Waals surface area contributed by atoms with Gasteiger partial charge in [-0.25, -0.2) is 9.97 Å². The molecular weight excluding hydrogens is 186 g/mol. The van der Waals surface area contributed by atoms with E-state index in [0.29, 0.717) is 12.5 Å². The van der Waals surface area contributed by atoms with E-state index in [1.165, 1.54) is 0 Å². The summed E-state index contributed by atoms with van der Waals surface area (Å²) in [6.45, 7) is 2.18. The Bertz CT molecular complexity index is 250. The first kappa shape index (κ1) is 10.3. The Morgan fingerprint density at radius 2 is 2.15 bits per heavy atom. The second-order valence-electron chi connectivity index (χ2n) is 2.68. The molecule has 1 rings (SSSR count). The van der Waals surface area contributed by atoms with Gasteiger partial charge in [-0.15, -0.1) is 11.8 Å². The number of nitrogens with zero attached hydrogens (tertiary/aromatic N) is 2. The lowest BCUT2D eigenvalue weighted by Gasteiger charge is -2.06. The minimum Gasteiger partial charge on any atom is -0.392 e. The van der Waals surface area contributed by atoms with Gasteiger partial charge in [0.05, 0.1) is 6.10 Å². The van der Waals surface area contributed by atoms with Crippen LogP contribution in [0.15, 0.2) is 17.3 Å². The largest absolute Gasteiger partial charge is 0.392 e. The van der Waals surface area contributed by atoms with Crippen LogP contribution in [0.3, 0.4) is 0 Å². The van der Waals surface area contributed by atoms with E-state index < -0.39 is 0 Å². The van der Waals surface area contributed by atoms with E-state index in [4.69, 9.17) is 5.11 Å². The SMILES string of the molecule is CSc1cnc(NCC(C)O)nc1. The van der Waals surface area contributed by atoms with Crippen LogP contribution in [-0.2, 0) is 0 Å². The van der Waals surface area contributed by atoms with Crippen LogP contribution < -0.4 is 5.32 Å². The highest BCUT2D eigenvalue weighted by Crippen LogP contribution is 2.11. The van der Waals surface area contributed by atoms with E-state index in [1.54, 1.807) is 31.1 Å². The summed E-state index contributed by atoms with van der Waals surface area (Å²) in [5, 5.41) is 11.9. The van der Waals surface area contributed by atoms with Crippen LogP contribution >= 0.6 is 11.8 Å². The predicted molar refractivity (Wildman–Crippen MR) is 54.0 cm³/mol. The number of rotatable bonds is 4. The van der Waals surface area contributed by atoms with Crippen molar-refractivity contribution in [3.8, 4) is 0 Å². The van der Waals surface area contributed by atoms with E-state index in [2.05, 4.69) is 15.3 Å². The normalized spacial score (nSPS) is 12.5. The molecule has 13 heavy (non-hydrogen) atoms. The molecule has 0 amide bonds. The van der Waals surface area contributed by atoms with Gasteiger partial charge in [0.25, 0.3) is 0 Å². The molecule has 1 unspecified atom stereocenters. The number of anilines is 1. The zero-order valence-electron chi connectivity index (χ0n) is 7.69. The molecule has 2 N–H and O–H groups in total. The highest BCUT2D eigenvalue weighted by Gasteiger charge is 1.98. The molecule has 0 saturated carbocycles. The van der Waals surface area contributed by atoms with E-state index in [0.717, 1.165) is 4.90 Å². The summed E-state index contributed by atoms with van der Waals surface area (Å²) < 4.78 is 0. The van der Waals surface area contributed by atoms with Crippen molar-refractivity contribution in [1.29, 1.82) is 0 Å². The quantitative estimate of drug-likeness (QED) is 0.708. The van der Waals surface area contributed by atoms with E-state index in [-0.39, 0.29) is 6.10 Å². The zero-order valence-corrected chi connectivity index (χ0v) is 8.51. The first-order valence-corrected chi connectivity index (χ1v) is 5.23. The van der Waals surface area contributed by atoms with Gasteiger partial charge in [0.2, 0.25) is 5.95 Å². The molecule has 0 aliphatic rings. The molecule has 1 aromatic heterocycles. The number of nitrogens with one attached hydrogen (secondary N) is 1. The average Bonchev–Trinajstić information content (AvgIpc) is 2.15. The molecule has 0 spiro atoms. The fourth-order valence-corrected chi connectivity index (χ4v) is 1.07. The minimum atomic E-state index is -0.385. The second kappa shape index (κ2) is 5.04. The van der Waals surface area contributed by atoms with Gasteiger partial charge in [-0.2, -0.15) is 0 Å². The first-order valence-electron chi connectivity index (χ1n) is 4.00. The second-order valence-corrected chi connectivity index (χ2v) is 3.56. The highest BCUT2D eigenvalue weighted by molar-refractivity contribution is 7.98. The molecule has 5 heteroatoms. The van der Waals surface area contributed by atoms with Gasteiger partial charge >= 0.3 is 0 Å². The highest BCUT2D eigenvalue weighted by atomic mass is 32.2. The number of aliphatic hydroxyl groups excluding tert-OH is 1. The van der Waals surface area contributed by atoms with Crippen molar-refractivity contribution in [2.75, 3.05) is 18.1 Å². The van der Waals surface area contributed by atoms with Crippen molar-refractivity contribution in [3.63, 3.8) is 0 Å². The maximum absolute atomic E-state index is 8.99. The molecule has 0 bridgehead atoms. The minimum absolute atomic E-state index is 0.385. The molecule has 0 aromatic carbocycles. The summed E-state index contributed by atoms with van der Waals surface area (Å²) in [5.41, 5.74) is 0. The van der Waals surface area contributed by atoms with Crippen LogP contribution in [0, 0.1) is 0 Å². The Labute approximate surface area is 81.8 Å². The summed E-state index contributed by atoms with van der Waals surface area (Å²) in [6.07, 6.45) is 5.09. The van der Waals surface area contributed by atoms with Crippen molar-refractivity contribution < 1.29 is 5.11 Å². The lowest BCUT2D eigenvalue weighted by atomic mass is 10.4. The molecule has 0 aliphatic carbocycles. The summed E-state index contributed by atoms with van der Waals surface area (Å²) in [4.78, 5) is 9.16. The van der Waals surface area contributed by atoms with Gasteiger partial charge in [0.1, 0.15) is 0 Å². The third kappa shape index (κ3) is 3.61. The Hall–Kier alpha value is -0.810. The van der Waals surface area contributed by atoms with Crippen LogP contribution in [0.2, 0.25) is 0 Å². The maximum Gasteiger partial charge on any atom is 0.222 e. The van der Waals surface area contributed by atoms with E-state index >= 15 is 0 Å². The van der Waals surface area contributed by atoms with Crippen molar-refractivity contribution >= 4 is 17.7 Å². The molecule has 1 heterocycles. The van der Waals surface area contributed by atoms with Gasteiger partial charge in [-0.1, -0.05) is 0 Å². The topological polar surface area (TPSA) is 58.0 Å². The van der Waals surface area contributed by atoms with Crippen LogP contribution in [0.1, 0.15) is 6.92 Å². The van der Waals surface area contributed by atoms with Crippen LogP contribution in [0.5, 0.6) is 0 Å². The number of thioether (sulfide) groups is 1. The number of aromatic nitrogens is 2.